The lowest BCUT2D eigenvalue weighted by molar-refractivity contribution is 1.15. The predicted octanol–water partition coefficient (Wildman–Crippen LogP) is 2.75. The fourth-order valence-electron chi connectivity index (χ4n) is 0.774. The first kappa shape index (κ1) is 10.6. The van der Waals surface area contributed by atoms with E-state index >= 15 is 0 Å². The second kappa shape index (κ2) is 6.28. The Balaban J connectivity index is 4.79. The Morgan fingerprint density at radius 3 is 2.17 bits per heavy atom. The number of hydrogen-bond donors (Lipinski definition) is 0. The largest absolute Gasteiger partial charge is 0.263 e. The van der Waals surface area contributed by atoms with E-state index in [0.717, 1.165) is 12.1 Å². The molecule has 0 aromatic rings. The van der Waals surface area contributed by atoms with E-state index in [-0.39, 0.29) is 0 Å². The zero-order valence-corrected chi connectivity index (χ0v) is 7.45. The topological polar surface area (TPSA) is 24.7 Å². The van der Waals surface area contributed by atoms with Crippen LogP contribution in [-0.2, 0) is 0 Å². The Kier molecular flexibility index (Phi) is 5.53. The van der Waals surface area contributed by atoms with E-state index < -0.39 is 0 Å². The molecule has 0 amide bonds. The molecular formula is C10H14N2. The summed E-state index contributed by atoms with van der Waals surface area (Å²) in [5.41, 5.74) is 1.47. The lowest BCUT2D eigenvalue weighted by Crippen LogP contribution is -1.82. The highest BCUT2D eigenvalue weighted by atomic mass is 14.8. The van der Waals surface area contributed by atoms with Crippen LogP contribution < -0.4 is 0 Å². The van der Waals surface area contributed by atoms with Crippen molar-refractivity contribution in [3.8, 4) is 0 Å². The lowest BCUT2D eigenvalue weighted by Gasteiger charge is -1.98. The molecule has 0 aromatic heterocycles. The summed E-state index contributed by atoms with van der Waals surface area (Å²) >= 11 is 0. The van der Waals surface area contributed by atoms with E-state index in [1.165, 1.54) is 0 Å². The summed E-state index contributed by atoms with van der Waals surface area (Å²) < 4.78 is 0. The molecule has 0 unspecified atom stereocenters. The van der Waals surface area contributed by atoms with Crippen molar-refractivity contribution < 1.29 is 0 Å². The maximum Gasteiger partial charge on any atom is 0.0875 e. The van der Waals surface area contributed by atoms with E-state index in [1.54, 1.807) is 12.2 Å². The molecule has 0 spiro atoms. The normalized spacial score (nSPS) is 12.4. The second-order valence-corrected chi connectivity index (χ2v) is 2.10. The van der Waals surface area contributed by atoms with Crippen molar-refractivity contribution >= 4 is 13.4 Å². The van der Waals surface area contributed by atoms with Gasteiger partial charge in [-0.25, -0.2) is 0 Å². The van der Waals surface area contributed by atoms with Gasteiger partial charge in [0.15, 0.2) is 0 Å². The minimum atomic E-state index is 0.710. The van der Waals surface area contributed by atoms with Crippen molar-refractivity contribution in [3.63, 3.8) is 0 Å². The molecule has 2 nitrogen and oxygen atoms in total. The maximum atomic E-state index is 3.83. The number of nitrogens with zero attached hydrogens (tertiary/aromatic N) is 2. The average Bonchev–Trinajstić information content (AvgIpc) is 2.11. The third-order valence-corrected chi connectivity index (χ3v) is 1.28. The van der Waals surface area contributed by atoms with Gasteiger partial charge in [-0.15, -0.1) is 0 Å². The zero-order valence-electron chi connectivity index (χ0n) is 7.45. The quantitative estimate of drug-likeness (QED) is 0.438. The summed E-state index contributed by atoms with van der Waals surface area (Å²) in [5.74, 6) is 0. The average molecular weight is 162 g/mol. The minimum Gasteiger partial charge on any atom is -0.263 e. The third kappa shape index (κ3) is 3.10. The minimum absolute atomic E-state index is 0.710. The molecule has 0 aliphatic rings. The van der Waals surface area contributed by atoms with Gasteiger partial charge in [0.2, 0.25) is 0 Å². The van der Waals surface area contributed by atoms with E-state index in [2.05, 4.69) is 30.0 Å². The van der Waals surface area contributed by atoms with Crippen molar-refractivity contribution in [1.29, 1.82) is 0 Å². The lowest BCUT2D eigenvalue weighted by atomic mass is 10.2. The van der Waals surface area contributed by atoms with Crippen molar-refractivity contribution in [3.05, 3.63) is 36.2 Å². The summed E-state index contributed by atoms with van der Waals surface area (Å²) in [6.45, 7) is 12.5. The van der Waals surface area contributed by atoms with Crippen LogP contribution in [0.1, 0.15) is 13.3 Å². The van der Waals surface area contributed by atoms with Crippen LogP contribution in [0.4, 0.5) is 0 Å². The molecule has 0 saturated heterocycles. The standard InChI is InChI=1S/C10H14N2/c1-5-7-9(11-3)10(12-4)8-6-2/h5,7-8H,1,3-4,6H2,2H3/b9-7+,10-8+. The molecule has 0 aliphatic carbocycles. The van der Waals surface area contributed by atoms with Crippen LogP contribution in [0.5, 0.6) is 0 Å². The number of rotatable bonds is 5. The molecule has 0 bridgehead atoms. The van der Waals surface area contributed by atoms with E-state index in [9.17, 15) is 0 Å². The Labute approximate surface area is 73.7 Å². The van der Waals surface area contributed by atoms with Crippen molar-refractivity contribution in [2.24, 2.45) is 9.98 Å². The molecule has 0 N–H and O–H groups in total. The summed E-state index contributed by atoms with van der Waals surface area (Å²) in [5, 5.41) is 0. The van der Waals surface area contributed by atoms with Gasteiger partial charge >= 0.3 is 0 Å². The fourth-order valence-corrected chi connectivity index (χ4v) is 0.774. The highest BCUT2D eigenvalue weighted by Gasteiger charge is 1.96. The van der Waals surface area contributed by atoms with Crippen LogP contribution in [0.25, 0.3) is 0 Å². The van der Waals surface area contributed by atoms with E-state index in [4.69, 9.17) is 0 Å². The van der Waals surface area contributed by atoms with Gasteiger partial charge in [-0.2, -0.15) is 0 Å². The summed E-state index contributed by atoms with van der Waals surface area (Å²) in [4.78, 5) is 7.63. The monoisotopic (exact) mass is 162 g/mol. The Bertz CT molecular complexity index is 234. The Morgan fingerprint density at radius 1 is 1.25 bits per heavy atom. The molecule has 12 heavy (non-hydrogen) atoms. The van der Waals surface area contributed by atoms with Crippen LogP contribution in [0.3, 0.4) is 0 Å². The molecule has 64 valence electrons. The first-order valence-corrected chi connectivity index (χ1v) is 3.76. The Morgan fingerprint density at radius 2 is 1.83 bits per heavy atom. The number of aliphatic imine (C=N–C) groups is 2. The van der Waals surface area contributed by atoms with E-state index in [0.29, 0.717) is 5.70 Å². The van der Waals surface area contributed by atoms with Gasteiger partial charge in [0.1, 0.15) is 0 Å². The smallest absolute Gasteiger partial charge is 0.0875 e. The van der Waals surface area contributed by atoms with Crippen LogP contribution in [0.15, 0.2) is 46.2 Å². The second-order valence-electron chi connectivity index (χ2n) is 2.10. The van der Waals surface area contributed by atoms with Gasteiger partial charge in [0.25, 0.3) is 0 Å². The molecule has 0 aromatic carbocycles. The summed E-state index contributed by atoms with van der Waals surface area (Å²) in [6.07, 6.45) is 6.25. The van der Waals surface area contributed by atoms with Gasteiger partial charge in [0, 0.05) is 0 Å². The molecular weight excluding hydrogens is 148 g/mol. The fraction of sp³-hybridized carbons (Fsp3) is 0.200. The van der Waals surface area contributed by atoms with Crippen molar-refractivity contribution in [2.45, 2.75) is 13.3 Å². The molecule has 0 atom stereocenters. The molecule has 2 heteroatoms. The third-order valence-electron chi connectivity index (χ3n) is 1.28. The SMILES string of the molecule is C=C/C=C(N=C)\C(=C/CC)N=C. The first-order chi connectivity index (χ1) is 5.79. The number of allylic oxidation sites excluding steroid dienone is 3. The van der Waals surface area contributed by atoms with Crippen molar-refractivity contribution in [1.82, 2.24) is 0 Å². The van der Waals surface area contributed by atoms with Crippen LogP contribution in [0.2, 0.25) is 0 Å². The summed E-state index contributed by atoms with van der Waals surface area (Å²) in [7, 11) is 0. The molecule has 0 radical (unpaired) electrons. The number of hydrogen-bond acceptors (Lipinski definition) is 2. The van der Waals surface area contributed by atoms with Crippen LogP contribution >= 0.6 is 0 Å². The van der Waals surface area contributed by atoms with Crippen molar-refractivity contribution in [2.75, 3.05) is 0 Å². The van der Waals surface area contributed by atoms with E-state index in [1.807, 2.05) is 13.0 Å². The molecule has 0 heterocycles. The Hall–Kier alpha value is -1.44. The molecule has 0 saturated carbocycles. The highest BCUT2D eigenvalue weighted by Crippen LogP contribution is 2.12. The predicted molar refractivity (Wildman–Crippen MR) is 55.8 cm³/mol. The van der Waals surface area contributed by atoms with Gasteiger partial charge < -0.3 is 0 Å². The van der Waals surface area contributed by atoms with Gasteiger partial charge in [-0.3, -0.25) is 9.98 Å². The molecule has 0 fully saturated rings. The zero-order chi connectivity index (χ0) is 9.40. The highest BCUT2D eigenvalue weighted by molar-refractivity contribution is 5.43. The first-order valence-electron chi connectivity index (χ1n) is 3.76. The summed E-state index contributed by atoms with van der Waals surface area (Å²) in [6, 6.07) is 0. The van der Waals surface area contributed by atoms with Crippen LogP contribution in [-0.4, -0.2) is 13.4 Å². The molecule has 0 rings (SSSR count). The van der Waals surface area contributed by atoms with Gasteiger partial charge in [-0.1, -0.05) is 25.7 Å². The van der Waals surface area contributed by atoms with Crippen LogP contribution in [0, 0.1) is 0 Å². The maximum absolute atomic E-state index is 3.83. The molecule has 0 aliphatic heterocycles. The van der Waals surface area contributed by atoms with Gasteiger partial charge in [-0.05, 0) is 25.9 Å². The van der Waals surface area contributed by atoms with Gasteiger partial charge in [0.05, 0.1) is 11.4 Å².